The molecule has 10 heavy (non-hydrogen) atoms. The monoisotopic (exact) mass is 143 g/mol. The fourth-order valence-electron chi connectivity index (χ4n) is 0.855. The Balaban J connectivity index is 2.63. The van der Waals surface area contributed by atoms with Crippen molar-refractivity contribution in [2.24, 2.45) is 0 Å². The van der Waals surface area contributed by atoms with Gasteiger partial charge in [0, 0.05) is 6.92 Å². The van der Waals surface area contributed by atoms with E-state index >= 15 is 0 Å². The third kappa shape index (κ3) is 1.16. The van der Waals surface area contributed by atoms with E-state index in [0.29, 0.717) is 6.42 Å². The minimum atomic E-state index is -0.352. The number of carbonyl (C=O) groups is 2. The van der Waals surface area contributed by atoms with E-state index in [4.69, 9.17) is 4.84 Å². The smallest absolute Gasteiger partial charge is 0.256 e. The summed E-state index contributed by atoms with van der Waals surface area (Å²) < 4.78 is 0. The molecule has 0 aromatic heterocycles. The summed E-state index contributed by atoms with van der Waals surface area (Å²) in [4.78, 5) is 26.3. The minimum Gasteiger partial charge on any atom is -0.272 e. The van der Waals surface area contributed by atoms with E-state index in [9.17, 15) is 9.59 Å². The number of carbonyl (C=O) groups excluding carboxylic acids is 2. The van der Waals surface area contributed by atoms with Gasteiger partial charge in [0.25, 0.3) is 5.91 Å². The zero-order valence-corrected chi connectivity index (χ0v) is 5.96. The van der Waals surface area contributed by atoms with Crippen LogP contribution in [0.4, 0.5) is 0 Å². The lowest BCUT2D eigenvalue weighted by atomic mass is 10.3. The summed E-state index contributed by atoms with van der Waals surface area (Å²) in [6.07, 6.45) is 0.149. The molecule has 56 valence electrons. The summed E-state index contributed by atoms with van der Waals surface area (Å²) in [6, 6.07) is 0. The summed E-state index contributed by atoms with van der Waals surface area (Å²) >= 11 is 0. The first-order valence-corrected chi connectivity index (χ1v) is 3.11. The average molecular weight is 143 g/mol. The molecule has 2 amide bonds. The number of rotatable bonds is 0. The SMILES string of the molecule is CC(=O)N1OC(C)CC1=O. The Morgan fingerprint density at radius 2 is 2.40 bits per heavy atom. The molecule has 1 heterocycles. The Kier molecular flexibility index (Phi) is 1.72. The molecule has 4 nitrogen and oxygen atoms in total. The maximum atomic E-state index is 10.8. The molecule has 1 rings (SSSR count). The number of nitrogens with zero attached hydrogens (tertiary/aromatic N) is 1. The van der Waals surface area contributed by atoms with Crippen LogP contribution < -0.4 is 0 Å². The highest BCUT2D eigenvalue weighted by atomic mass is 16.7. The van der Waals surface area contributed by atoms with E-state index in [-0.39, 0.29) is 17.9 Å². The number of hydroxylamine groups is 2. The molecule has 4 heteroatoms. The van der Waals surface area contributed by atoms with Crippen LogP contribution in [0, 0.1) is 0 Å². The van der Waals surface area contributed by atoms with E-state index in [2.05, 4.69) is 0 Å². The maximum absolute atomic E-state index is 10.8. The Bertz CT molecular complexity index is 178. The molecule has 0 N–H and O–H groups in total. The number of hydrogen-bond donors (Lipinski definition) is 0. The third-order valence-electron chi connectivity index (χ3n) is 1.26. The van der Waals surface area contributed by atoms with Gasteiger partial charge in [-0.15, -0.1) is 0 Å². The summed E-state index contributed by atoms with van der Waals surface area (Å²) in [6.45, 7) is 3.05. The van der Waals surface area contributed by atoms with Crippen molar-refractivity contribution in [1.29, 1.82) is 0 Å². The Morgan fingerprint density at radius 3 is 2.60 bits per heavy atom. The predicted molar refractivity (Wildman–Crippen MR) is 32.7 cm³/mol. The molecule has 0 aromatic carbocycles. The fraction of sp³-hybridized carbons (Fsp3) is 0.667. The predicted octanol–water partition coefficient (Wildman–Crippen LogP) is 0.0853. The van der Waals surface area contributed by atoms with Crippen molar-refractivity contribution in [2.75, 3.05) is 0 Å². The topological polar surface area (TPSA) is 46.6 Å². The fourth-order valence-corrected chi connectivity index (χ4v) is 0.855. The normalized spacial score (nSPS) is 25.6. The maximum Gasteiger partial charge on any atom is 0.256 e. The molecule has 0 spiro atoms. The first-order chi connectivity index (χ1) is 4.61. The van der Waals surface area contributed by atoms with Crippen LogP contribution >= 0.6 is 0 Å². The van der Waals surface area contributed by atoms with E-state index in [1.807, 2.05) is 0 Å². The van der Waals surface area contributed by atoms with Crippen molar-refractivity contribution in [1.82, 2.24) is 5.06 Å². The lowest BCUT2D eigenvalue weighted by Crippen LogP contribution is -2.28. The molecule has 0 aliphatic carbocycles. The van der Waals surface area contributed by atoms with Gasteiger partial charge >= 0.3 is 0 Å². The average Bonchev–Trinajstić information content (AvgIpc) is 2.10. The quantitative estimate of drug-likeness (QED) is 0.482. The van der Waals surface area contributed by atoms with Crippen LogP contribution in [0.1, 0.15) is 20.3 Å². The van der Waals surface area contributed by atoms with Gasteiger partial charge in [-0.25, -0.2) is 0 Å². The first kappa shape index (κ1) is 7.21. The van der Waals surface area contributed by atoms with Crippen LogP contribution in [0.15, 0.2) is 0 Å². The highest BCUT2D eigenvalue weighted by molar-refractivity contribution is 5.93. The molecular formula is C6H9NO3. The molecular weight excluding hydrogens is 134 g/mol. The second-order valence-electron chi connectivity index (χ2n) is 2.33. The molecule has 0 saturated carbocycles. The van der Waals surface area contributed by atoms with Crippen LogP contribution in [-0.4, -0.2) is 23.0 Å². The Morgan fingerprint density at radius 1 is 1.80 bits per heavy atom. The van der Waals surface area contributed by atoms with Crippen LogP contribution in [0.3, 0.4) is 0 Å². The second-order valence-corrected chi connectivity index (χ2v) is 2.33. The van der Waals surface area contributed by atoms with Gasteiger partial charge < -0.3 is 0 Å². The number of amides is 2. The summed E-state index contributed by atoms with van der Waals surface area (Å²) in [5, 5.41) is 0.810. The highest BCUT2D eigenvalue weighted by Gasteiger charge is 2.30. The lowest BCUT2D eigenvalue weighted by molar-refractivity contribution is -0.183. The summed E-state index contributed by atoms with van der Waals surface area (Å²) in [7, 11) is 0. The largest absolute Gasteiger partial charge is 0.272 e. The standard InChI is InChI=1S/C6H9NO3/c1-4-3-6(9)7(10-4)5(2)8/h4H,3H2,1-2H3. The van der Waals surface area contributed by atoms with E-state index in [0.717, 1.165) is 5.06 Å². The zero-order chi connectivity index (χ0) is 7.72. The lowest BCUT2D eigenvalue weighted by Gasteiger charge is -2.08. The molecule has 0 aromatic rings. The van der Waals surface area contributed by atoms with Gasteiger partial charge in [0.15, 0.2) is 0 Å². The third-order valence-corrected chi connectivity index (χ3v) is 1.26. The van der Waals surface area contributed by atoms with E-state index in [1.165, 1.54) is 6.92 Å². The molecule has 1 unspecified atom stereocenters. The summed E-state index contributed by atoms with van der Waals surface area (Å²) in [5.41, 5.74) is 0. The molecule has 1 fully saturated rings. The number of imide groups is 1. The first-order valence-electron chi connectivity index (χ1n) is 3.11. The van der Waals surface area contributed by atoms with Crippen molar-refractivity contribution in [3.63, 3.8) is 0 Å². The van der Waals surface area contributed by atoms with Crippen molar-refractivity contribution >= 4 is 11.8 Å². The van der Waals surface area contributed by atoms with Crippen LogP contribution in [-0.2, 0) is 14.4 Å². The molecule has 1 atom stereocenters. The molecule has 1 saturated heterocycles. The van der Waals surface area contributed by atoms with E-state index in [1.54, 1.807) is 6.92 Å². The van der Waals surface area contributed by atoms with Crippen LogP contribution in [0.25, 0.3) is 0 Å². The molecule has 1 aliphatic heterocycles. The van der Waals surface area contributed by atoms with Gasteiger partial charge in [-0.1, -0.05) is 0 Å². The minimum absolute atomic E-state index is 0.156. The van der Waals surface area contributed by atoms with Gasteiger partial charge in [0.1, 0.15) is 0 Å². The Hall–Kier alpha value is -0.900. The highest BCUT2D eigenvalue weighted by Crippen LogP contribution is 2.13. The van der Waals surface area contributed by atoms with Gasteiger partial charge in [-0.3, -0.25) is 14.4 Å². The molecule has 0 radical (unpaired) electrons. The van der Waals surface area contributed by atoms with Crippen LogP contribution in [0.2, 0.25) is 0 Å². The van der Waals surface area contributed by atoms with Crippen molar-refractivity contribution in [3.8, 4) is 0 Å². The Labute approximate surface area is 58.7 Å². The van der Waals surface area contributed by atoms with Crippen molar-refractivity contribution < 1.29 is 14.4 Å². The van der Waals surface area contributed by atoms with E-state index < -0.39 is 0 Å². The van der Waals surface area contributed by atoms with Gasteiger partial charge in [0.2, 0.25) is 5.91 Å². The molecule has 0 bridgehead atoms. The summed E-state index contributed by atoms with van der Waals surface area (Å²) in [5.74, 6) is -0.602. The second kappa shape index (κ2) is 2.38. The van der Waals surface area contributed by atoms with Crippen molar-refractivity contribution in [3.05, 3.63) is 0 Å². The van der Waals surface area contributed by atoms with Gasteiger partial charge in [0.05, 0.1) is 12.5 Å². The van der Waals surface area contributed by atoms with Crippen LogP contribution in [0.5, 0.6) is 0 Å². The van der Waals surface area contributed by atoms with Gasteiger partial charge in [-0.2, -0.15) is 5.06 Å². The molecule has 1 aliphatic rings. The van der Waals surface area contributed by atoms with Crippen molar-refractivity contribution in [2.45, 2.75) is 26.4 Å². The zero-order valence-electron chi connectivity index (χ0n) is 5.96. The number of hydrogen-bond acceptors (Lipinski definition) is 3. The van der Waals surface area contributed by atoms with Gasteiger partial charge in [-0.05, 0) is 6.92 Å².